The molecule has 0 bridgehead atoms. The molecule has 1 aromatic carbocycles. The van der Waals surface area contributed by atoms with Gasteiger partial charge in [-0.05, 0) is 23.6 Å². The summed E-state index contributed by atoms with van der Waals surface area (Å²) in [6.45, 7) is 0.670. The Labute approximate surface area is 159 Å². The maximum Gasteiger partial charge on any atom is 0.238 e. The van der Waals surface area contributed by atoms with E-state index in [9.17, 15) is 4.79 Å². The monoisotopic (exact) mass is 385 g/mol. The van der Waals surface area contributed by atoms with Crippen LogP contribution in [0.25, 0.3) is 0 Å². The molecule has 1 aliphatic rings. The number of halogens is 2. The third-order valence-electron chi connectivity index (χ3n) is 3.64. The van der Waals surface area contributed by atoms with Crippen LogP contribution < -0.4 is 10.6 Å². The number of carbonyl (C=O) groups is 1. The molecule has 1 amide bonds. The van der Waals surface area contributed by atoms with Crippen LogP contribution in [0, 0.1) is 0 Å². The van der Waals surface area contributed by atoms with E-state index >= 15 is 0 Å². The molecule has 1 aromatic heterocycles. The Kier molecular flexibility index (Phi) is 9.14. The van der Waals surface area contributed by atoms with Gasteiger partial charge in [0.1, 0.15) is 0 Å². The molecule has 3 rings (SSSR count). The molecule has 0 spiro atoms. The number of aromatic nitrogens is 1. The first-order valence-electron chi connectivity index (χ1n) is 7.42. The van der Waals surface area contributed by atoms with E-state index in [0.29, 0.717) is 6.54 Å². The zero-order valence-electron chi connectivity index (χ0n) is 13.1. The number of hydrogen-bond acceptors (Lipinski definition) is 4. The quantitative estimate of drug-likeness (QED) is 0.830. The molecule has 1 aliphatic heterocycles. The molecule has 2 unspecified atom stereocenters. The maximum atomic E-state index is 12.2. The van der Waals surface area contributed by atoms with Crippen LogP contribution >= 0.6 is 36.6 Å². The molecule has 1 saturated heterocycles. The normalized spacial score (nSPS) is 19.0. The minimum atomic E-state index is -0.133. The Balaban J connectivity index is 0.00000144. The predicted molar refractivity (Wildman–Crippen MR) is 104 cm³/mol. The number of benzene rings is 1. The van der Waals surface area contributed by atoms with E-state index < -0.39 is 0 Å². The largest absolute Gasteiger partial charge is 0.354 e. The highest BCUT2D eigenvalue weighted by molar-refractivity contribution is 7.99. The van der Waals surface area contributed by atoms with Crippen LogP contribution in [0.5, 0.6) is 0 Å². The lowest BCUT2D eigenvalue weighted by atomic mass is 10.1. The number of nitrogens with one attached hydrogen (secondary N) is 2. The zero-order chi connectivity index (χ0) is 15.2. The third-order valence-corrected chi connectivity index (χ3v) is 4.91. The summed E-state index contributed by atoms with van der Waals surface area (Å²) in [4.78, 5) is 16.3. The molecular formula is C17H21Cl2N3OS. The number of pyridine rings is 1. The number of rotatable bonds is 5. The van der Waals surface area contributed by atoms with Crippen LogP contribution in [-0.4, -0.2) is 29.2 Å². The lowest BCUT2D eigenvalue weighted by Crippen LogP contribution is -2.43. The molecule has 0 saturated carbocycles. The lowest BCUT2D eigenvalue weighted by molar-refractivity contribution is -0.122. The molecule has 2 atom stereocenters. The molecule has 24 heavy (non-hydrogen) atoms. The minimum absolute atomic E-state index is 0. The van der Waals surface area contributed by atoms with E-state index in [2.05, 4.69) is 27.8 Å². The summed E-state index contributed by atoms with van der Waals surface area (Å²) in [5.41, 5.74) is 2.36. The molecule has 1 fully saturated rings. The van der Waals surface area contributed by atoms with Crippen LogP contribution in [0.3, 0.4) is 0 Å². The second kappa shape index (κ2) is 10.6. The van der Waals surface area contributed by atoms with Crippen LogP contribution in [0.1, 0.15) is 16.5 Å². The van der Waals surface area contributed by atoms with Crippen molar-refractivity contribution in [3.63, 3.8) is 0 Å². The Morgan fingerprint density at radius 3 is 2.71 bits per heavy atom. The van der Waals surface area contributed by atoms with Gasteiger partial charge in [0, 0.05) is 24.7 Å². The first kappa shape index (κ1) is 20.8. The van der Waals surface area contributed by atoms with E-state index in [1.54, 1.807) is 18.0 Å². The second-order valence-electron chi connectivity index (χ2n) is 5.25. The van der Waals surface area contributed by atoms with Crippen molar-refractivity contribution >= 4 is 42.5 Å². The Morgan fingerprint density at radius 2 is 2.00 bits per heavy atom. The van der Waals surface area contributed by atoms with Crippen LogP contribution in [-0.2, 0) is 11.2 Å². The summed E-state index contributed by atoms with van der Waals surface area (Å²) in [6.07, 6.45) is 4.47. The SMILES string of the molecule is Cl.Cl.O=C(NCCc1ccccc1)C1CSC(c2cccnc2)N1. The molecule has 2 heterocycles. The van der Waals surface area contributed by atoms with Gasteiger partial charge in [0.2, 0.25) is 5.91 Å². The highest BCUT2D eigenvalue weighted by atomic mass is 35.5. The molecule has 4 nitrogen and oxygen atoms in total. The number of amides is 1. The minimum Gasteiger partial charge on any atom is -0.354 e. The van der Waals surface area contributed by atoms with Gasteiger partial charge in [-0.15, -0.1) is 36.6 Å². The van der Waals surface area contributed by atoms with Crippen molar-refractivity contribution in [2.75, 3.05) is 12.3 Å². The number of hydrogen-bond donors (Lipinski definition) is 2. The fraction of sp³-hybridized carbons (Fsp3) is 0.294. The third kappa shape index (κ3) is 5.67. The Bertz CT molecular complexity index is 616. The molecule has 2 N–H and O–H groups in total. The van der Waals surface area contributed by atoms with Gasteiger partial charge in [0.05, 0.1) is 11.4 Å². The van der Waals surface area contributed by atoms with Crippen molar-refractivity contribution in [1.82, 2.24) is 15.6 Å². The van der Waals surface area contributed by atoms with Crippen LogP contribution in [0.2, 0.25) is 0 Å². The number of nitrogens with zero attached hydrogens (tertiary/aromatic N) is 1. The molecular weight excluding hydrogens is 365 g/mol. The Hall–Kier alpha value is -1.27. The summed E-state index contributed by atoms with van der Waals surface area (Å²) in [7, 11) is 0. The fourth-order valence-corrected chi connectivity index (χ4v) is 3.67. The highest BCUT2D eigenvalue weighted by Gasteiger charge is 2.30. The average Bonchev–Trinajstić information content (AvgIpc) is 3.07. The summed E-state index contributed by atoms with van der Waals surface area (Å²) >= 11 is 1.75. The second-order valence-corrected chi connectivity index (χ2v) is 6.38. The highest BCUT2D eigenvalue weighted by Crippen LogP contribution is 2.32. The predicted octanol–water partition coefficient (Wildman–Crippen LogP) is 2.99. The van der Waals surface area contributed by atoms with E-state index in [4.69, 9.17) is 0 Å². The number of thioether (sulfide) groups is 1. The van der Waals surface area contributed by atoms with Gasteiger partial charge in [-0.25, -0.2) is 0 Å². The van der Waals surface area contributed by atoms with Crippen molar-refractivity contribution in [2.45, 2.75) is 17.8 Å². The van der Waals surface area contributed by atoms with Gasteiger partial charge in [-0.2, -0.15) is 0 Å². The van der Waals surface area contributed by atoms with Crippen LogP contribution in [0.15, 0.2) is 54.9 Å². The van der Waals surface area contributed by atoms with E-state index in [0.717, 1.165) is 17.7 Å². The van der Waals surface area contributed by atoms with E-state index in [1.807, 2.05) is 36.5 Å². The van der Waals surface area contributed by atoms with Gasteiger partial charge in [0.25, 0.3) is 0 Å². The summed E-state index contributed by atoms with van der Waals surface area (Å²) in [5, 5.41) is 6.53. The van der Waals surface area contributed by atoms with Gasteiger partial charge >= 0.3 is 0 Å². The molecule has 0 radical (unpaired) electrons. The summed E-state index contributed by atoms with van der Waals surface area (Å²) < 4.78 is 0. The number of carbonyl (C=O) groups excluding carboxylic acids is 1. The van der Waals surface area contributed by atoms with Gasteiger partial charge in [0.15, 0.2) is 0 Å². The summed E-state index contributed by atoms with van der Waals surface area (Å²) in [5.74, 6) is 0.867. The standard InChI is InChI=1S/C17H19N3OS.2ClH/c21-16(19-10-8-13-5-2-1-3-6-13)15-12-22-17(20-15)14-7-4-9-18-11-14;;/h1-7,9,11,15,17,20H,8,10,12H2,(H,19,21);2*1H. The van der Waals surface area contributed by atoms with Crippen molar-refractivity contribution < 1.29 is 4.79 Å². The van der Waals surface area contributed by atoms with Crippen molar-refractivity contribution in [3.8, 4) is 0 Å². The van der Waals surface area contributed by atoms with Crippen molar-refractivity contribution in [3.05, 3.63) is 66.0 Å². The first-order chi connectivity index (χ1) is 10.8. The Morgan fingerprint density at radius 1 is 1.21 bits per heavy atom. The van der Waals surface area contributed by atoms with Crippen LogP contribution in [0.4, 0.5) is 0 Å². The fourth-order valence-electron chi connectivity index (χ4n) is 2.44. The molecule has 2 aromatic rings. The smallest absolute Gasteiger partial charge is 0.238 e. The molecule has 0 aliphatic carbocycles. The zero-order valence-corrected chi connectivity index (χ0v) is 15.5. The molecule has 7 heteroatoms. The summed E-state index contributed by atoms with van der Waals surface area (Å²) in [6, 6.07) is 14.0. The van der Waals surface area contributed by atoms with Crippen molar-refractivity contribution in [1.29, 1.82) is 0 Å². The lowest BCUT2D eigenvalue weighted by Gasteiger charge is -2.13. The molecule has 130 valence electrons. The van der Waals surface area contributed by atoms with Gasteiger partial charge in [-0.3, -0.25) is 15.1 Å². The van der Waals surface area contributed by atoms with Crippen molar-refractivity contribution in [2.24, 2.45) is 0 Å². The van der Waals surface area contributed by atoms with Gasteiger partial charge < -0.3 is 5.32 Å². The van der Waals surface area contributed by atoms with E-state index in [-0.39, 0.29) is 42.1 Å². The average molecular weight is 386 g/mol. The maximum absolute atomic E-state index is 12.2. The van der Waals surface area contributed by atoms with E-state index in [1.165, 1.54) is 5.56 Å². The first-order valence-corrected chi connectivity index (χ1v) is 8.47. The topological polar surface area (TPSA) is 54.0 Å². The van der Waals surface area contributed by atoms with Gasteiger partial charge in [-0.1, -0.05) is 36.4 Å².